The summed E-state index contributed by atoms with van der Waals surface area (Å²) in [5.74, 6) is 1.90. The van der Waals surface area contributed by atoms with Gasteiger partial charge in [-0.2, -0.15) is 5.10 Å². The highest BCUT2D eigenvalue weighted by Crippen LogP contribution is 2.36. The number of aromatic nitrogens is 2. The van der Waals surface area contributed by atoms with Crippen LogP contribution in [0.15, 0.2) is 78.9 Å². The summed E-state index contributed by atoms with van der Waals surface area (Å²) in [5.41, 5.74) is 6.87. The van der Waals surface area contributed by atoms with E-state index in [9.17, 15) is 0 Å². The Hall–Kier alpha value is -3.53. The number of nitrogens with zero attached hydrogens (tertiary/aromatic N) is 2. The first kappa shape index (κ1) is 18.5. The van der Waals surface area contributed by atoms with Crippen LogP contribution < -0.4 is 10.1 Å². The van der Waals surface area contributed by atoms with E-state index < -0.39 is 0 Å². The maximum Gasteiger partial charge on any atom is 0.144 e. The molecule has 5 rings (SSSR count). The maximum absolute atomic E-state index is 5.61. The van der Waals surface area contributed by atoms with Crippen LogP contribution in [0.2, 0.25) is 0 Å². The number of para-hydroxylation sites is 2. The average Bonchev–Trinajstić information content (AvgIpc) is 3.00. The predicted molar refractivity (Wildman–Crippen MR) is 122 cm³/mol. The van der Waals surface area contributed by atoms with Crippen LogP contribution in [-0.2, 0) is 6.42 Å². The van der Waals surface area contributed by atoms with Gasteiger partial charge < -0.3 is 10.1 Å². The second kappa shape index (κ2) is 8.07. The molecule has 30 heavy (non-hydrogen) atoms. The summed E-state index contributed by atoms with van der Waals surface area (Å²) in [6.45, 7) is 0.959. The minimum Gasteiger partial charge on any atom is -0.494 e. The molecule has 0 amide bonds. The Balaban J connectivity index is 1.61. The van der Waals surface area contributed by atoms with Gasteiger partial charge in [0.25, 0.3) is 0 Å². The lowest BCUT2D eigenvalue weighted by Gasteiger charge is -2.12. The molecule has 150 valence electrons. The van der Waals surface area contributed by atoms with Crippen LogP contribution in [0.4, 0.5) is 5.82 Å². The molecule has 0 spiro atoms. The number of nitrogens with one attached hydrogen (secondary N) is 1. The van der Waals surface area contributed by atoms with Crippen molar-refractivity contribution in [3.8, 4) is 33.8 Å². The number of ether oxygens (including phenoxy) is 1. The second-order valence-corrected chi connectivity index (χ2v) is 7.59. The lowest BCUT2D eigenvalue weighted by molar-refractivity contribution is 0.412. The Labute approximate surface area is 177 Å². The van der Waals surface area contributed by atoms with Crippen LogP contribution >= 0.6 is 0 Å². The highest BCUT2D eigenvalue weighted by atomic mass is 16.5. The largest absolute Gasteiger partial charge is 0.494 e. The SMILES string of the molecule is COc1ccccc1-n1nc(-c2ccc(-c3ccccc3)cc2)c2c1NCCCC2. The molecule has 0 atom stereocenters. The zero-order valence-corrected chi connectivity index (χ0v) is 17.1. The van der Waals surface area contributed by atoms with Crippen LogP contribution in [0.3, 0.4) is 0 Å². The van der Waals surface area contributed by atoms with Crippen molar-refractivity contribution in [2.45, 2.75) is 19.3 Å². The van der Waals surface area contributed by atoms with Crippen molar-refractivity contribution < 1.29 is 4.74 Å². The zero-order valence-electron chi connectivity index (χ0n) is 17.1. The van der Waals surface area contributed by atoms with Gasteiger partial charge in [0, 0.05) is 17.7 Å². The number of rotatable bonds is 4. The number of anilines is 1. The van der Waals surface area contributed by atoms with Gasteiger partial charge in [0.2, 0.25) is 0 Å². The molecular formula is C26H25N3O. The highest BCUT2D eigenvalue weighted by molar-refractivity contribution is 5.74. The summed E-state index contributed by atoms with van der Waals surface area (Å²) in [6.07, 6.45) is 3.34. The number of benzene rings is 3. The van der Waals surface area contributed by atoms with Crippen molar-refractivity contribution in [2.24, 2.45) is 0 Å². The van der Waals surface area contributed by atoms with Gasteiger partial charge in [-0.3, -0.25) is 0 Å². The molecule has 3 aromatic carbocycles. The van der Waals surface area contributed by atoms with E-state index in [-0.39, 0.29) is 0 Å². The summed E-state index contributed by atoms with van der Waals surface area (Å²) in [6, 6.07) is 27.3. The molecule has 0 radical (unpaired) electrons. The lowest BCUT2D eigenvalue weighted by atomic mass is 10.00. The molecule has 1 aliphatic rings. The van der Waals surface area contributed by atoms with Gasteiger partial charge in [-0.1, -0.05) is 66.7 Å². The van der Waals surface area contributed by atoms with E-state index in [1.165, 1.54) is 16.7 Å². The standard InChI is InChI=1S/C26H25N3O/c1-30-24-13-6-5-12-23(24)29-26-22(11-7-8-18-27-26)25(28-29)21-16-14-20(15-17-21)19-9-3-2-4-10-19/h2-6,9-10,12-17,27H,7-8,11,18H2,1H3. The molecule has 4 aromatic rings. The third kappa shape index (κ3) is 3.35. The molecule has 1 N–H and O–H groups in total. The van der Waals surface area contributed by atoms with Gasteiger partial charge in [-0.05, 0) is 42.5 Å². The van der Waals surface area contributed by atoms with Crippen LogP contribution in [0.25, 0.3) is 28.1 Å². The fourth-order valence-electron chi connectivity index (χ4n) is 4.16. The fraction of sp³-hybridized carbons (Fsp3) is 0.192. The molecule has 1 aliphatic heterocycles. The first-order valence-corrected chi connectivity index (χ1v) is 10.5. The summed E-state index contributed by atoms with van der Waals surface area (Å²) >= 11 is 0. The maximum atomic E-state index is 5.61. The second-order valence-electron chi connectivity index (χ2n) is 7.59. The molecule has 0 saturated heterocycles. The summed E-state index contributed by atoms with van der Waals surface area (Å²) in [7, 11) is 1.71. The lowest BCUT2D eigenvalue weighted by Crippen LogP contribution is -2.08. The Kier molecular flexibility index (Phi) is 4.98. The van der Waals surface area contributed by atoms with Crippen molar-refractivity contribution in [1.82, 2.24) is 9.78 Å². The Bertz CT molecular complexity index is 1150. The summed E-state index contributed by atoms with van der Waals surface area (Å²) in [5, 5.41) is 8.67. The molecule has 2 heterocycles. The van der Waals surface area contributed by atoms with Crippen molar-refractivity contribution in [1.29, 1.82) is 0 Å². The highest BCUT2D eigenvalue weighted by Gasteiger charge is 2.23. The Morgan fingerprint density at radius 2 is 1.50 bits per heavy atom. The molecule has 0 fully saturated rings. The minimum absolute atomic E-state index is 0.819. The summed E-state index contributed by atoms with van der Waals surface area (Å²) in [4.78, 5) is 0. The van der Waals surface area contributed by atoms with Gasteiger partial charge in [-0.15, -0.1) is 0 Å². The van der Waals surface area contributed by atoms with E-state index in [4.69, 9.17) is 9.84 Å². The normalized spacial score (nSPS) is 13.2. The molecular weight excluding hydrogens is 370 g/mol. The third-order valence-corrected chi connectivity index (χ3v) is 5.71. The minimum atomic E-state index is 0.819. The van der Waals surface area contributed by atoms with Crippen LogP contribution in [-0.4, -0.2) is 23.4 Å². The predicted octanol–water partition coefficient (Wildman–Crippen LogP) is 5.96. The van der Waals surface area contributed by atoms with Crippen LogP contribution in [0.1, 0.15) is 18.4 Å². The van der Waals surface area contributed by atoms with E-state index in [2.05, 4.69) is 59.9 Å². The zero-order chi connectivity index (χ0) is 20.3. The first-order valence-electron chi connectivity index (χ1n) is 10.5. The van der Waals surface area contributed by atoms with E-state index in [1.54, 1.807) is 7.11 Å². The molecule has 0 unspecified atom stereocenters. The van der Waals surface area contributed by atoms with E-state index >= 15 is 0 Å². The molecule has 1 aromatic heterocycles. The van der Waals surface area contributed by atoms with Crippen LogP contribution in [0.5, 0.6) is 5.75 Å². The third-order valence-electron chi connectivity index (χ3n) is 5.71. The molecule has 0 bridgehead atoms. The topological polar surface area (TPSA) is 39.1 Å². The number of methoxy groups -OCH3 is 1. The Morgan fingerprint density at radius 3 is 2.30 bits per heavy atom. The number of hydrogen-bond acceptors (Lipinski definition) is 3. The van der Waals surface area contributed by atoms with E-state index in [0.717, 1.165) is 54.3 Å². The Morgan fingerprint density at radius 1 is 0.800 bits per heavy atom. The van der Waals surface area contributed by atoms with Crippen molar-refractivity contribution >= 4 is 5.82 Å². The van der Waals surface area contributed by atoms with E-state index in [1.807, 2.05) is 28.9 Å². The fourth-order valence-corrected chi connectivity index (χ4v) is 4.16. The van der Waals surface area contributed by atoms with Crippen molar-refractivity contribution in [3.05, 3.63) is 84.4 Å². The van der Waals surface area contributed by atoms with Gasteiger partial charge in [0.1, 0.15) is 17.3 Å². The van der Waals surface area contributed by atoms with Gasteiger partial charge >= 0.3 is 0 Å². The molecule has 0 saturated carbocycles. The first-order chi connectivity index (χ1) is 14.8. The molecule has 4 nitrogen and oxygen atoms in total. The monoisotopic (exact) mass is 395 g/mol. The van der Waals surface area contributed by atoms with Gasteiger partial charge in [-0.25, -0.2) is 4.68 Å². The van der Waals surface area contributed by atoms with Crippen molar-refractivity contribution in [2.75, 3.05) is 19.0 Å². The number of hydrogen-bond donors (Lipinski definition) is 1. The smallest absolute Gasteiger partial charge is 0.144 e. The molecule has 0 aliphatic carbocycles. The van der Waals surface area contributed by atoms with Gasteiger partial charge in [0.05, 0.1) is 12.8 Å². The number of fused-ring (bicyclic) bond motifs is 1. The summed E-state index contributed by atoms with van der Waals surface area (Å²) < 4.78 is 7.63. The van der Waals surface area contributed by atoms with E-state index in [0.29, 0.717) is 0 Å². The average molecular weight is 396 g/mol. The van der Waals surface area contributed by atoms with Gasteiger partial charge in [0.15, 0.2) is 0 Å². The van der Waals surface area contributed by atoms with Crippen LogP contribution in [0, 0.1) is 0 Å². The molecule has 4 heteroatoms. The quantitative estimate of drug-likeness (QED) is 0.463. The van der Waals surface area contributed by atoms with Crippen molar-refractivity contribution in [3.63, 3.8) is 0 Å².